The van der Waals surface area contributed by atoms with Crippen LogP contribution in [-0.4, -0.2) is 27.6 Å². The molecule has 3 aromatic rings. The van der Waals surface area contributed by atoms with Crippen molar-refractivity contribution in [3.8, 4) is 23.0 Å². The Morgan fingerprint density at radius 1 is 0.968 bits per heavy atom. The van der Waals surface area contributed by atoms with Gasteiger partial charge in [0.25, 0.3) is 10.0 Å². The molecule has 158 valence electrons. The largest absolute Gasteiger partial charge is 0.486 e. The summed E-state index contributed by atoms with van der Waals surface area (Å²) < 4.78 is 46.4. The van der Waals surface area contributed by atoms with Crippen LogP contribution in [0.2, 0.25) is 5.02 Å². The summed E-state index contributed by atoms with van der Waals surface area (Å²) in [5, 5.41) is 6.39. The van der Waals surface area contributed by atoms with Crippen LogP contribution in [0.4, 0.5) is 11.4 Å². The number of guanidine groups is 1. The normalized spacial score (nSPS) is 15.8. The molecular weight excluding hydrogens is 442 g/mol. The minimum Gasteiger partial charge on any atom is -0.486 e. The van der Waals surface area contributed by atoms with Crippen molar-refractivity contribution >= 4 is 39.0 Å². The summed E-state index contributed by atoms with van der Waals surface area (Å²) in [6.07, 6.45) is 0. The molecule has 2 heterocycles. The number of hydrogen-bond donors (Lipinski definition) is 2. The van der Waals surface area contributed by atoms with Gasteiger partial charge in [-0.15, -0.1) is 4.40 Å². The maximum absolute atomic E-state index is 12.8. The Labute approximate surface area is 183 Å². The van der Waals surface area contributed by atoms with E-state index in [1.165, 1.54) is 6.07 Å². The fourth-order valence-electron chi connectivity index (χ4n) is 3.20. The second-order valence-electron chi connectivity index (χ2n) is 6.69. The summed E-state index contributed by atoms with van der Waals surface area (Å²) in [4.78, 5) is 0.00442. The Hall–Kier alpha value is -3.43. The van der Waals surface area contributed by atoms with Crippen molar-refractivity contribution < 1.29 is 22.6 Å². The summed E-state index contributed by atoms with van der Waals surface area (Å²) >= 11 is 6.19. The number of halogens is 1. The number of para-hydroxylation sites is 2. The van der Waals surface area contributed by atoms with E-state index >= 15 is 0 Å². The van der Waals surface area contributed by atoms with Crippen LogP contribution in [0.3, 0.4) is 0 Å². The molecule has 5 rings (SSSR count). The highest BCUT2D eigenvalue weighted by atomic mass is 35.5. The van der Waals surface area contributed by atoms with E-state index in [-0.39, 0.29) is 16.5 Å². The number of rotatable bonds is 3. The van der Waals surface area contributed by atoms with E-state index in [1.807, 2.05) is 0 Å². The van der Waals surface area contributed by atoms with E-state index in [1.54, 1.807) is 54.6 Å². The van der Waals surface area contributed by atoms with Crippen LogP contribution < -0.4 is 24.8 Å². The molecule has 10 heteroatoms. The molecule has 8 nitrogen and oxygen atoms in total. The summed E-state index contributed by atoms with van der Waals surface area (Å²) in [6, 6.07) is 16.8. The van der Waals surface area contributed by atoms with Crippen molar-refractivity contribution in [1.29, 1.82) is 0 Å². The quantitative estimate of drug-likeness (QED) is 0.598. The minimum absolute atomic E-state index is 0.00442. The number of nitrogens with zero attached hydrogens (tertiary/aromatic N) is 1. The first kappa shape index (κ1) is 19.5. The maximum atomic E-state index is 12.8. The van der Waals surface area contributed by atoms with E-state index in [4.69, 9.17) is 25.8 Å². The highest BCUT2D eigenvalue weighted by Crippen LogP contribution is 2.40. The van der Waals surface area contributed by atoms with Gasteiger partial charge in [-0.2, -0.15) is 8.42 Å². The van der Waals surface area contributed by atoms with E-state index in [0.29, 0.717) is 46.9 Å². The second kappa shape index (κ2) is 7.68. The molecule has 0 fully saturated rings. The highest BCUT2D eigenvalue weighted by Gasteiger charge is 2.28. The Kier molecular flexibility index (Phi) is 4.84. The van der Waals surface area contributed by atoms with Crippen LogP contribution >= 0.6 is 11.6 Å². The molecule has 0 radical (unpaired) electrons. The van der Waals surface area contributed by atoms with Gasteiger partial charge in [0.2, 0.25) is 5.96 Å². The molecule has 0 spiro atoms. The van der Waals surface area contributed by atoms with E-state index in [0.717, 1.165) is 0 Å². The number of benzene rings is 3. The molecule has 2 aliphatic rings. The van der Waals surface area contributed by atoms with Crippen molar-refractivity contribution in [3.05, 3.63) is 65.7 Å². The van der Waals surface area contributed by atoms with Crippen LogP contribution in [0.5, 0.6) is 23.0 Å². The summed E-state index contributed by atoms with van der Waals surface area (Å²) in [7, 11) is -3.96. The van der Waals surface area contributed by atoms with Gasteiger partial charge in [0.15, 0.2) is 17.2 Å². The zero-order valence-corrected chi connectivity index (χ0v) is 17.5. The third kappa shape index (κ3) is 3.85. The lowest BCUT2D eigenvalue weighted by atomic mass is 10.2. The molecule has 2 aliphatic heterocycles. The van der Waals surface area contributed by atoms with Crippen molar-refractivity contribution in [1.82, 2.24) is 0 Å². The molecule has 0 unspecified atom stereocenters. The smallest absolute Gasteiger partial charge is 0.287 e. The summed E-state index contributed by atoms with van der Waals surface area (Å²) in [5.74, 6) is 1.92. The molecular formula is C21H16ClN3O5S. The van der Waals surface area contributed by atoms with Gasteiger partial charge in [0.05, 0.1) is 5.02 Å². The third-order valence-corrected chi connectivity index (χ3v) is 6.21. The number of hydrogen-bond acceptors (Lipinski definition) is 7. The number of fused-ring (bicyclic) bond motifs is 2. The summed E-state index contributed by atoms with van der Waals surface area (Å²) in [6.45, 7) is 0.928. The predicted octanol–water partition coefficient (Wildman–Crippen LogP) is 4.49. The maximum Gasteiger partial charge on any atom is 0.287 e. The first-order valence-electron chi connectivity index (χ1n) is 9.34. The minimum atomic E-state index is -3.96. The first-order chi connectivity index (χ1) is 15.0. The predicted molar refractivity (Wildman–Crippen MR) is 117 cm³/mol. The van der Waals surface area contributed by atoms with Gasteiger partial charge in [-0.3, -0.25) is 0 Å². The third-order valence-electron chi connectivity index (χ3n) is 4.58. The molecule has 31 heavy (non-hydrogen) atoms. The lowest BCUT2D eigenvalue weighted by Crippen LogP contribution is -2.28. The molecule has 2 N–H and O–H groups in total. The van der Waals surface area contributed by atoms with Crippen molar-refractivity contribution in [3.63, 3.8) is 0 Å². The van der Waals surface area contributed by atoms with E-state index < -0.39 is 10.0 Å². The lowest BCUT2D eigenvalue weighted by molar-refractivity contribution is 0.171. The molecule has 0 amide bonds. The van der Waals surface area contributed by atoms with Crippen LogP contribution in [0, 0.1) is 0 Å². The van der Waals surface area contributed by atoms with Crippen LogP contribution in [-0.2, 0) is 10.0 Å². The molecule has 0 atom stereocenters. The van der Waals surface area contributed by atoms with Crippen LogP contribution in [0.25, 0.3) is 0 Å². The zero-order valence-electron chi connectivity index (χ0n) is 16.0. The Morgan fingerprint density at radius 3 is 2.58 bits per heavy atom. The number of nitrogens with one attached hydrogen (secondary N) is 2. The van der Waals surface area contributed by atoms with Gasteiger partial charge in [-0.25, -0.2) is 0 Å². The van der Waals surface area contributed by atoms with Crippen molar-refractivity contribution in [2.75, 3.05) is 23.8 Å². The fourth-order valence-corrected chi connectivity index (χ4v) is 4.47. The number of anilines is 2. The van der Waals surface area contributed by atoms with Crippen molar-refractivity contribution in [2.45, 2.75) is 4.90 Å². The van der Waals surface area contributed by atoms with Crippen LogP contribution in [0.1, 0.15) is 0 Å². The van der Waals surface area contributed by atoms with Crippen molar-refractivity contribution in [2.24, 2.45) is 4.40 Å². The molecule has 0 aromatic heterocycles. The molecule has 0 saturated carbocycles. The highest BCUT2D eigenvalue weighted by molar-refractivity contribution is 7.90. The fraction of sp³-hybridized carbons (Fsp3) is 0.0952. The molecule has 3 aromatic carbocycles. The van der Waals surface area contributed by atoms with E-state index in [9.17, 15) is 8.42 Å². The first-order valence-corrected chi connectivity index (χ1v) is 11.2. The monoisotopic (exact) mass is 457 g/mol. The van der Waals surface area contributed by atoms with Gasteiger partial charge in [0.1, 0.15) is 29.5 Å². The Morgan fingerprint density at radius 2 is 1.74 bits per heavy atom. The van der Waals surface area contributed by atoms with Gasteiger partial charge in [0, 0.05) is 11.8 Å². The average molecular weight is 458 g/mol. The number of ether oxygens (including phenoxy) is 3. The SMILES string of the molecule is O=S1(=O)N=C(Nc2ccc3c(c2)OCCO3)Nc2c(Oc3ccccc3Cl)cccc21. The number of sulfonamides is 1. The zero-order chi connectivity index (χ0) is 21.4. The lowest BCUT2D eigenvalue weighted by Gasteiger charge is -2.23. The molecule has 0 saturated heterocycles. The molecule has 0 bridgehead atoms. The van der Waals surface area contributed by atoms with Gasteiger partial charge in [-0.1, -0.05) is 29.8 Å². The second-order valence-corrected chi connectivity index (χ2v) is 8.66. The Balaban J connectivity index is 1.47. The van der Waals surface area contributed by atoms with Gasteiger partial charge in [-0.05, 0) is 36.4 Å². The van der Waals surface area contributed by atoms with Crippen LogP contribution in [0.15, 0.2) is 70.0 Å². The average Bonchev–Trinajstić information content (AvgIpc) is 2.75. The van der Waals surface area contributed by atoms with Gasteiger partial charge < -0.3 is 24.8 Å². The standard InChI is InChI=1S/C21H16ClN3O5S/c22-14-4-1-2-5-15(14)30-17-6-3-7-19-20(17)24-21(25-31(19,26)27)23-13-8-9-16-18(12-13)29-11-10-28-16/h1-9,12H,10-11H2,(H2,23,24,25). The van der Waals surface area contributed by atoms with Gasteiger partial charge >= 0.3 is 0 Å². The van der Waals surface area contributed by atoms with E-state index in [2.05, 4.69) is 15.0 Å². The topological polar surface area (TPSA) is 98.3 Å². The Bertz CT molecular complexity index is 1310. The summed E-state index contributed by atoms with van der Waals surface area (Å²) in [5.41, 5.74) is 0.844. The molecule has 0 aliphatic carbocycles.